The van der Waals surface area contributed by atoms with E-state index in [-0.39, 0.29) is 5.41 Å². The largest absolute Gasteiger partial charge is 0.404 e. The molecule has 0 bridgehead atoms. The molecule has 0 radical (unpaired) electrons. The minimum absolute atomic E-state index is 0.183. The molecule has 0 aliphatic rings. The molecule has 3 N–H and O–H groups in total. The Balaban J connectivity index is 3.29. The van der Waals surface area contributed by atoms with Crippen molar-refractivity contribution in [3.8, 4) is 0 Å². The molecule has 0 saturated carbocycles. The molecule has 0 amide bonds. The minimum atomic E-state index is 0.183. The highest BCUT2D eigenvalue weighted by molar-refractivity contribution is 5.30. The lowest BCUT2D eigenvalue weighted by molar-refractivity contribution is 0.583. The highest BCUT2D eigenvalue weighted by Gasteiger charge is 2.04. The molecule has 0 atom stereocenters. The number of H-pyrrole nitrogens is 1. The maximum Gasteiger partial charge on any atom is 0.0433 e. The molecule has 1 aromatic rings. The van der Waals surface area contributed by atoms with Gasteiger partial charge in [-0.1, -0.05) is 26.8 Å². The average molecular weight is 164 g/mol. The van der Waals surface area contributed by atoms with Gasteiger partial charge in [0.1, 0.15) is 0 Å². The molecule has 1 rings (SSSR count). The summed E-state index contributed by atoms with van der Waals surface area (Å²) in [5.74, 6) is 0. The molecular weight excluding hydrogens is 148 g/mol. The minimum Gasteiger partial charge on any atom is -0.404 e. The van der Waals surface area contributed by atoms with Crippen LogP contribution < -0.4 is 16.3 Å². The first kappa shape index (κ1) is 8.91. The van der Waals surface area contributed by atoms with Crippen molar-refractivity contribution < 1.29 is 0 Å². The monoisotopic (exact) mass is 164 g/mol. The van der Waals surface area contributed by atoms with Gasteiger partial charge >= 0.3 is 0 Å². The van der Waals surface area contributed by atoms with Crippen molar-refractivity contribution in [2.45, 2.75) is 20.8 Å². The third-order valence-electron chi connectivity index (χ3n) is 1.57. The Kier molecular flexibility index (Phi) is 2.27. The van der Waals surface area contributed by atoms with Crippen LogP contribution in [0.4, 0.5) is 0 Å². The van der Waals surface area contributed by atoms with Crippen molar-refractivity contribution in [2.75, 3.05) is 0 Å². The fourth-order valence-corrected chi connectivity index (χ4v) is 1.10. The smallest absolute Gasteiger partial charge is 0.0433 e. The molecule has 2 heteroatoms. The zero-order valence-electron chi connectivity index (χ0n) is 7.89. The van der Waals surface area contributed by atoms with Crippen LogP contribution in [0.2, 0.25) is 0 Å². The Morgan fingerprint density at radius 3 is 2.58 bits per heavy atom. The van der Waals surface area contributed by atoms with Crippen LogP contribution in [0.1, 0.15) is 20.8 Å². The van der Waals surface area contributed by atoms with E-state index in [0.717, 1.165) is 10.6 Å². The highest BCUT2D eigenvalue weighted by Crippen LogP contribution is 2.13. The first-order valence-electron chi connectivity index (χ1n) is 4.11. The Morgan fingerprint density at radius 1 is 1.42 bits per heavy atom. The second-order valence-electron chi connectivity index (χ2n) is 4.02. The number of rotatable bonds is 0. The van der Waals surface area contributed by atoms with Crippen molar-refractivity contribution >= 4 is 12.3 Å². The molecular formula is C10H16N2. The summed E-state index contributed by atoms with van der Waals surface area (Å²) >= 11 is 0. The summed E-state index contributed by atoms with van der Waals surface area (Å²) in [4.78, 5) is 3.15. The van der Waals surface area contributed by atoms with Gasteiger partial charge in [0.05, 0.1) is 0 Å². The molecule has 1 heterocycles. The van der Waals surface area contributed by atoms with Gasteiger partial charge < -0.3 is 10.7 Å². The van der Waals surface area contributed by atoms with Crippen LogP contribution in [0.25, 0.3) is 12.3 Å². The molecule has 0 fully saturated rings. The fraction of sp³-hybridized carbons (Fsp3) is 0.400. The van der Waals surface area contributed by atoms with E-state index in [4.69, 9.17) is 5.73 Å². The molecule has 0 aliphatic heterocycles. The summed E-state index contributed by atoms with van der Waals surface area (Å²) in [7, 11) is 0. The molecule has 0 aromatic carbocycles. The van der Waals surface area contributed by atoms with E-state index in [1.807, 2.05) is 12.3 Å². The molecule has 1 aromatic heterocycles. The van der Waals surface area contributed by atoms with E-state index < -0.39 is 0 Å². The van der Waals surface area contributed by atoms with Gasteiger partial charge in [-0.15, -0.1) is 0 Å². The van der Waals surface area contributed by atoms with Crippen molar-refractivity contribution in [1.29, 1.82) is 0 Å². The van der Waals surface area contributed by atoms with Gasteiger partial charge in [0.25, 0.3) is 0 Å². The fourth-order valence-electron chi connectivity index (χ4n) is 1.10. The Labute approximate surface area is 72.8 Å². The summed E-state index contributed by atoms with van der Waals surface area (Å²) in [5.41, 5.74) is 5.63. The SMILES string of the molecule is CC(C)(C)/C=c1/[nH]cc/c1=C/N. The molecule has 0 unspecified atom stereocenters. The van der Waals surface area contributed by atoms with Gasteiger partial charge in [0.2, 0.25) is 0 Å². The quantitative estimate of drug-likeness (QED) is 0.577. The summed E-state index contributed by atoms with van der Waals surface area (Å²) in [6, 6.07) is 1.97. The molecule has 2 nitrogen and oxygen atoms in total. The predicted octanol–water partition coefficient (Wildman–Crippen LogP) is 0.538. The molecule has 0 saturated heterocycles. The van der Waals surface area contributed by atoms with Crippen molar-refractivity contribution in [2.24, 2.45) is 11.1 Å². The summed E-state index contributed by atoms with van der Waals surface area (Å²) in [5, 5.41) is 2.16. The predicted molar refractivity (Wildman–Crippen MR) is 52.6 cm³/mol. The molecule has 66 valence electrons. The first-order valence-corrected chi connectivity index (χ1v) is 4.11. The lowest BCUT2D eigenvalue weighted by Gasteiger charge is -2.09. The van der Waals surface area contributed by atoms with Crippen LogP contribution in [0.3, 0.4) is 0 Å². The van der Waals surface area contributed by atoms with Crippen molar-refractivity contribution in [1.82, 2.24) is 4.98 Å². The Hall–Kier alpha value is -1.18. The third kappa shape index (κ3) is 2.16. The molecule has 0 aliphatic carbocycles. The number of nitrogens with two attached hydrogens (primary N) is 1. The van der Waals surface area contributed by atoms with Gasteiger partial charge in [-0.3, -0.25) is 0 Å². The summed E-state index contributed by atoms with van der Waals surface area (Å²) in [6.07, 6.45) is 5.69. The van der Waals surface area contributed by atoms with Crippen LogP contribution in [-0.4, -0.2) is 4.98 Å². The molecule has 12 heavy (non-hydrogen) atoms. The second kappa shape index (κ2) is 3.05. The van der Waals surface area contributed by atoms with Crippen LogP contribution in [0, 0.1) is 5.41 Å². The summed E-state index contributed by atoms with van der Waals surface area (Å²) < 4.78 is 0. The highest BCUT2D eigenvalue weighted by atomic mass is 14.7. The van der Waals surface area contributed by atoms with E-state index in [9.17, 15) is 0 Å². The number of nitrogens with one attached hydrogen (secondary N) is 1. The first-order chi connectivity index (χ1) is 5.53. The van der Waals surface area contributed by atoms with E-state index in [1.54, 1.807) is 6.20 Å². The van der Waals surface area contributed by atoms with Gasteiger partial charge in [-0.2, -0.15) is 0 Å². The van der Waals surface area contributed by atoms with Crippen LogP contribution in [-0.2, 0) is 0 Å². The van der Waals surface area contributed by atoms with Gasteiger partial charge in [-0.05, 0) is 11.5 Å². The number of aromatic amines is 1. The van der Waals surface area contributed by atoms with Gasteiger partial charge in [0, 0.05) is 23.0 Å². The van der Waals surface area contributed by atoms with Crippen LogP contribution in [0.5, 0.6) is 0 Å². The van der Waals surface area contributed by atoms with Crippen molar-refractivity contribution in [3.63, 3.8) is 0 Å². The standard InChI is InChI=1S/C10H16N2/c1-10(2,3)6-9-8(7-11)4-5-12-9/h4-7,12H,11H2,1-3H3/b8-7-,9-6+. The van der Waals surface area contributed by atoms with E-state index in [1.165, 1.54) is 0 Å². The van der Waals surface area contributed by atoms with Crippen molar-refractivity contribution in [3.05, 3.63) is 22.8 Å². The van der Waals surface area contributed by atoms with E-state index >= 15 is 0 Å². The normalized spacial score (nSPS) is 15.6. The Morgan fingerprint density at radius 2 is 2.08 bits per heavy atom. The lowest BCUT2D eigenvalue weighted by atomic mass is 9.96. The number of hydrogen-bond acceptors (Lipinski definition) is 1. The van der Waals surface area contributed by atoms with Crippen LogP contribution in [0.15, 0.2) is 12.3 Å². The number of aromatic nitrogens is 1. The Bertz CT molecular complexity index is 352. The maximum atomic E-state index is 5.45. The zero-order chi connectivity index (χ0) is 9.19. The third-order valence-corrected chi connectivity index (χ3v) is 1.57. The van der Waals surface area contributed by atoms with Gasteiger partial charge in [-0.25, -0.2) is 0 Å². The van der Waals surface area contributed by atoms with E-state index in [2.05, 4.69) is 31.8 Å². The summed E-state index contributed by atoms with van der Waals surface area (Å²) in [6.45, 7) is 6.48. The lowest BCUT2D eigenvalue weighted by Crippen LogP contribution is -2.26. The topological polar surface area (TPSA) is 41.8 Å². The maximum absolute atomic E-state index is 5.45. The number of hydrogen-bond donors (Lipinski definition) is 2. The van der Waals surface area contributed by atoms with Crippen LogP contribution >= 0.6 is 0 Å². The molecule has 0 spiro atoms. The zero-order valence-corrected chi connectivity index (χ0v) is 7.89. The average Bonchev–Trinajstić information content (AvgIpc) is 2.31. The second-order valence-corrected chi connectivity index (χ2v) is 4.02. The van der Waals surface area contributed by atoms with E-state index in [0.29, 0.717) is 0 Å². The van der Waals surface area contributed by atoms with Gasteiger partial charge in [0.15, 0.2) is 0 Å².